The molecule has 0 aromatic heterocycles. The molecule has 3 atom stereocenters. The second kappa shape index (κ2) is 10.8. The highest BCUT2D eigenvalue weighted by atomic mass is 32.2. The predicted octanol–water partition coefficient (Wildman–Crippen LogP) is 4.80. The molecule has 10 nitrogen and oxygen atoms in total. The maximum atomic E-state index is 13.3. The minimum Gasteiger partial charge on any atom is -0.444 e. The van der Waals surface area contributed by atoms with E-state index in [-0.39, 0.29) is 39.2 Å². The number of nitro groups is 1. The van der Waals surface area contributed by atoms with Crippen molar-refractivity contribution in [2.45, 2.75) is 96.6 Å². The van der Waals surface area contributed by atoms with E-state index >= 15 is 0 Å². The largest absolute Gasteiger partial charge is 0.444 e. The summed E-state index contributed by atoms with van der Waals surface area (Å²) in [5.74, 6) is 0.174. The molecule has 36 heavy (non-hydrogen) atoms. The molecule has 1 aliphatic rings. The Morgan fingerprint density at radius 3 is 2.31 bits per heavy atom. The van der Waals surface area contributed by atoms with Crippen molar-refractivity contribution in [1.29, 1.82) is 0 Å². The third-order valence-electron chi connectivity index (χ3n) is 7.14. The number of nitrogens with zero attached hydrogens (tertiary/aromatic N) is 2. The Bertz CT molecular complexity index is 1070. The van der Waals surface area contributed by atoms with E-state index in [1.807, 2.05) is 13.5 Å². The highest BCUT2D eigenvalue weighted by Crippen LogP contribution is 2.47. The van der Waals surface area contributed by atoms with Crippen molar-refractivity contribution in [3.05, 3.63) is 34.4 Å². The molecule has 2 radical (unpaired) electrons. The molecule has 0 bridgehead atoms. The molecule has 0 aliphatic carbocycles. The first-order valence-corrected chi connectivity index (χ1v) is 14.7. The van der Waals surface area contributed by atoms with Gasteiger partial charge in [0.05, 0.1) is 29.2 Å². The van der Waals surface area contributed by atoms with Gasteiger partial charge in [0.15, 0.2) is 0 Å². The number of hydrogen-bond donors (Lipinski definition) is 0. The van der Waals surface area contributed by atoms with E-state index in [4.69, 9.17) is 13.3 Å². The zero-order chi connectivity index (χ0) is 27.7. The van der Waals surface area contributed by atoms with Crippen molar-refractivity contribution < 1.29 is 31.5 Å². The molecule has 1 saturated heterocycles. The van der Waals surface area contributed by atoms with E-state index < -0.39 is 49.9 Å². The summed E-state index contributed by atoms with van der Waals surface area (Å²) < 4.78 is 43.7. The average Bonchev–Trinajstić information content (AvgIpc) is 3.16. The standard InChI is InChI=1S/C24H38N2O8SSi/c1-16(2)23(6,7)24(8,34-36-9)20-14-18(15-25(20)21(27)32-22(3,4)5)33-35(30,31)19-12-10-11-17(13-19)26(28)29/h10-13,16,18,20H,14-15H2,1-9H3/t18-,20-,24?/m1/s1. The Hall–Kier alpha value is -2.02. The van der Waals surface area contributed by atoms with Gasteiger partial charge >= 0.3 is 6.09 Å². The third kappa shape index (κ3) is 6.45. The van der Waals surface area contributed by atoms with Crippen LogP contribution >= 0.6 is 0 Å². The number of carbonyl (C=O) groups is 1. The third-order valence-corrected chi connectivity index (χ3v) is 9.13. The van der Waals surface area contributed by atoms with Crippen molar-refractivity contribution in [2.75, 3.05) is 6.54 Å². The van der Waals surface area contributed by atoms with Gasteiger partial charge in [-0.25, -0.2) is 4.79 Å². The molecular weight excluding hydrogens is 504 g/mol. The van der Waals surface area contributed by atoms with Crippen LogP contribution in [0.4, 0.5) is 10.5 Å². The molecule has 12 heteroatoms. The predicted molar refractivity (Wildman–Crippen MR) is 136 cm³/mol. The first-order valence-electron chi connectivity index (χ1n) is 11.9. The fourth-order valence-corrected chi connectivity index (χ4v) is 6.26. The molecular formula is C24H38N2O8SSi. The van der Waals surface area contributed by atoms with Gasteiger partial charge in [-0.15, -0.1) is 0 Å². The summed E-state index contributed by atoms with van der Waals surface area (Å²) in [5, 5.41) is 11.1. The summed E-state index contributed by atoms with van der Waals surface area (Å²) in [7, 11) is -4.21. The Kier molecular flexibility index (Phi) is 9.03. The molecule has 202 valence electrons. The molecule has 1 unspecified atom stereocenters. The van der Waals surface area contributed by atoms with E-state index in [0.717, 1.165) is 6.07 Å². The smallest absolute Gasteiger partial charge is 0.410 e. The van der Waals surface area contributed by atoms with Crippen LogP contribution in [0.25, 0.3) is 0 Å². The average molecular weight is 543 g/mol. The number of nitro benzene ring substituents is 1. The van der Waals surface area contributed by atoms with Crippen molar-refractivity contribution in [1.82, 2.24) is 4.90 Å². The zero-order valence-electron chi connectivity index (χ0n) is 22.5. The SMILES string of the molecule is C[Si]OC(C)([C@H]1C[C@@H](OS(=O)(=O)c2cccc([N+](=O)[O-])c2)CN1C(=O)OC(C)(C)C)C(C)(C)C(C)C. The van der Waals surface area contributed by atoms with Crippen molar-refractivity contribution in [2.24, 2.45) is 11.3 Å². The number of carbonyl (C=O) groups excluding carboxylic acids is 1. The Balaban J connectivity index is 2.48. The lowest BCUT2D eigenvalue weighted by Gasteiger charge is -2.52. The van der Waals surface area contributed by atoms with Gasteiger partial charge in [-0.05, 0) is 51.6 Å². The molecule has 0 N–H and O–H groups in total. The van der Waals surface area contributed by atoms with E-state index in [2.05, 4.69) is 27.7 Å². The van der Waals surface area contributed by atoms with Gasteiger partial charge in [-0.1, -0.05) is 33.8 Å². The molecule has 1 fully saturated rings. The molecule has 0 saturated carbocycles. The molecule has 1 heterocycles. The maximum Gasteiger partial charge on any atom is 0.410 e. The fraction of sp³-hybridized carbons (Fsp3) is 0.708. The van der Waals surface area contributed by atoms with E-state index in [1.165, 1.54) is 23.1 Å². The summed E-state index contributed by atoms with van der Waals surface area (Å²) in [6.07, 6.45) is -1.29. The number of benzene rings is 1. The van der Waals surface area contributed by atoms with Crippen LogP contribution in [-0.2, 0) is 23.5 Å². The highest BCUT2D eigenvalue weighted by Gasteiger charge is 2.56. The molecule has 0 spiro atoms. The second-order valence-electron chi connectivity index (χ2n) is 11.1. The summed E-state index contributed by atoms with van der Waals surface area (Å²) >= 11 is 0. The van der Waals surface area contributed by atoms with Gasteiger partial charge in [0.1, 0.15) is 10.5 Å². The van der Waals surface area contributed by atoms with Crippen LogP contribution in [0.2, 0.25) is 6.55 Å². The van der Waals surface area contributed by atoms with Gasteiger partial charge < -0.3 is 9.16 Å². The summed E-state index contributed by atoms with van der Waals surface area (Å²) in [4.78, 5) is 24.9. The first-order chi connectivity index (χ1) is 16.4. The van der Waals surface area contributed by atoms with Crippen molar-refractivity contribution in [3.8, 4) is 0 Å². The van der Waals surface area contributed by atoms with Crippen molar-refractivity contribution >= 4 is 31.7 Å². The van der Waals surface area contributed by atoms with Crippen LogP contribution in [0.15, 0.2) is 29.2 Å². The van der Waals surface area contributed by atoms with Crippen LogP contribution in [0.5, 0.6) is 0 Å². The first kappa shape index (κ1) is 30.2. The number of likely N-dealkylation sites (tertiary alicyclic amines) is 1. The number of ether oxygens (including phenoxy) is 1. The van der Waals surface area contributed by atoms with E-state index in [1.54, 1.807) is 20.8 Å². The summed E-state index contributed by atoms with van der Waals surface area (Å²) in [5.41, 5.74) is -2.37. The van der Waals surface area contributed by atoms with E-state index in [9.17, 15) is 23.3 Å². The summed E-state index contributed by atoms with van der Waals surface area (Å²) in [6.45, 7) is 17.4. The number of hydrogen-bond acceptors (Lipinski definition) is 8. The molecule has 1 amide bonds. The van der Waals surface area contributed by atoms with Gasteiger partial charge in [0.2, 0.25) is 9.76 Å². The van der Waals surface area contributed by atoms with Crippen LogP contribution < -0.4 is 0 Å². The Morgan fingerprint density at radius 2 is 1.81 bits per heavy atom. The minimum atomic E-state index is -4.34. The Morgan fingerprint density at radius 1 is 1.19 bits per heavy atom. The number of rotatable bonds is 9. The van der Waals surface area contributed by atoms with Gasteiger partial charge in [0, 0.05) is 18.6 Å². The minimum absolute atomic E-state index is 0.0340. The highest BCUT2D eigenvalue weighted by molar-refractivity contribution is 7.86. The molecule has 1 aliphatic heterocycles. The zero-order valence-corrected chi connectivity index (χ0v) is 24.3. The lowest BCUT2D eigenvalue weighted by atomic mass is 9.65. The molecule has 1 aromatic carbocycles. The van der Waals surface area contributed by atoms with Crippen LogP contribution in [0.3, 0.4) is 0 Å². The molecule has 2 rings (SSSR count). The number of amides is 1. The van der Waals surface area contributed by atoms with Crippen molar-refractivity contribution in [3.63, 3.8) is 0 Å². The molecule has 1 aromatic rings. The van der Waals surface area contributed by atoms with Crippen LogP contribution in [0, 0.1) is 21.4 Å². The fourth-order valence-electron chi connectivity index (χ4n) is 4.31. The topological polar surface area (TPSA) is 125 Å². The monoisotopic (exact) mass is 542 g/mol. The van der Waals surface area contributed by atoms with Gasteiger partial charge in [-0.3, -0.25) is 19.2 Å². The normalized spacial score (nSPS) is 20.9. The van der Waals surface area contributed by atoms with E-state index in [0.29, 0.717) is 0 Å². The maximum absolute atomic E-state index is 13.3. The van der Waals surface area contributed by atoms with Gasteiger partial charge in [0.25, 0.3) is 15.8 Å². The van der Waals surface area contributed by atoms with Crippen LogP contribution in [0.1, 0.15) is 61.8 Å². The lowest BCUT2D eigenvalue weighted by molar-refractivity contribution is -0.385. The Labute approximate surface area is 216 Å². The summed E-state index contributed by atoms with van der Waals surface area (Å²) in [6, 6.07) is 4.16. The second-order valence-corrected chi connectivity index (χ2v) is 13.3. The number of non-ortho nitro benzene ring substituents is 1. The lowest BCUT2D eigenvalue weighted by Crippen LogP contribution is -2.61. The van der Waals surface area contributed by atoms with Gasteiger partial charge in [-0.2, -0.15) is 8.42 Å². The quantitative estimate of drug-likeness (QED) is 0.188. The van der Waals surface area contributed by atoms with Crippen LogP contribution in [-0.4, -0.2) is 64.0 Å².